The number of aromatic nitrogens is 2. The first-order chi connectivity index (χ1) is 14.1. The first kappa shape index (κ1) is 18.9. The average Bonchev–Trinajstić information content (AvgIpc) is 3.59. The van der Waals surface area contributed by atoms with Crippen LogP contribution in [0.3, 0.4) is 0 Å². The van der Waals surface area contributed by atoms with Gasteiger partial charge in [-0.3, -0.25) is 14.4 Å². The molecule has 1 aliphatic rings. The van der Waals surface area contributed by atoms with E-state index in [1.807, 2.05) is 30.3 Å². The number of benzene rings is 2. The van der Waals surface area contributed by atoms with E-state index >= 15 is 0 Å². The van der Waals surface area contributed by atoms with Crippen LogP contribution < -0.4 is 16.2 Å². The van der Waals surface area contributed by atoms with Gasteiger partial charge in [-0.15, -0.1) is 0 Å². The quantitative estimate of drug-likeness (QED) is 0.601. The van der Waals surface area contributed by atoms with Gasteiger partial charge in [0, 0.05) is 24.4 Å². The predicted molar refractivity (Wildman–Crippen MR) is 110 cm³/mol. The van der Waals surface area contributed by atoms with E-state index in [0.717, 1.165) is 18.4 Å². The van der Waals surface area contributed by atoms with Crippen molar-refractivity contribution in [2.45, 2.75) is 19.4 Å². The smallest absolute Gasteiger partial charge is 0.274 e. The second kappa shape index (κ2) is 8.26. The second-order valence-electron chi connectivity index (χ2n) is 7.16. The van der Waals surface area contributed by atoms with Crippen molar-refractivity contribution in [3.05, 3.63) is 76.2 Å². The molecule has 0 spiro atoms. The van der Waals surface area contributed by atoms with Crippen LogP contribution >= 0.6 is 0 Å². The van der Waals surface area contributed by atoms with Crippen molar-refractivity contribution < 1.29 is 9.59 Å². The van der Waals surface area contributed by atoms with Gasteiger partial charge >= 0.3 is 0 Å². The van der Waals surface area contributed by atoms with Crippen molar-refractivity contribution in [1.82, 2.24) is 20.4 Å². The molecule has 0 atom stereocenters. The van der Waals surface area contributed by atoms with Crippen LogP contribution in [0.2, 0.25) is 0 Å². The number of hydrogen-bond donors (Lipinski definition) is 2. The molecule has 7 heteroatoms. The lowest BCUT2D eigenvalue weighted by molar-refractivity contribution is -0.122. The van der Waals surface area contributed by atoms with Gasteiger partial charge in [-0.05, 0) is 24.5 Å². The van der Waals surface area contributed by atoms with E-state index in [2.05, 4.69) is 15.7 Å². The Balaban J connectivity index is 1.55. The minimum atomic E-state index is -0.372. The molecule has 0 saturated heterocycles. The van der Waals surface area contributed by atoms with E-state index in [1.165, 1.54) is 4.68 Å². The number of rotatable bonds is 7. The van der Waals surface area contributed by atoms with E-state index in [-0.39, 0.29) is 35.5 Å². The van der Waals surface area contributed by atoms with Gasteiger partial charge in [-0.2, -0.15) is 5.10 Å². The second-order valence-corrected chi connectivity index (χ2v) is 7.16. The molecule has 1 saturated carbocycles. The maximum Gasteiger partial charge on any atom is 0.274 e. The molecule has 1 heterocycles. The van der Waals surface area contributed by atoms with Gasteiger partial charge < -0.3 is 10.6 Å². The molecule has 2 N–H and O–H groups in total. The largest absolute Gasteiger partial charge is 0.354 e. The zero-order valence-corrected chi connectivity index (χ0v) is 15.9. The number of nitrogens with zero attached hydrogens (tertiary/aromatic N) is 2. The molecule has 2 aromatic carbocycles. The van der Waals surface area contributed by atoms with Gasteiger partial charge in [0.05, 0.1) is 11.9 Å². The molecule has 1 aliphatic carbocycles. The minimum Gasteiger partial charge on any atom is -0.354 e. The lowest BCUT2D eigenvalue weighted by Gasteiger charge is -2.12. The Morgan fingerprint density at radius 2 is 1.59 bits per heavy atom. The van der Waals surface area contributed by atoms with Crippen molar-refractivity contribution in [3.8, 4) is 0 Å². The maximum atomic E-state index is 12.8. The summed E-state index contributed by atoms with van der Waals surface area (Å²) in [6.07, 6.45) is 1.88. The third kappa shape index (κ3) is 4.34. The maximum absolute atomic E-state index is 12.8. The molecular weight excluding hydrogens is 368 g/mol. The third-order valence-corrected chi connectivity index (χ3v) is 4.92. The highest BCUT2D eigenvalue weighted by Gasteiger charge is 2.29. The summed E-state index contributed by atoms with van der Waals surface area (Å²) in [6, 6.07) is 16.5. The number of amides is 2. The summed E-state index contributed by atoms with van der Waals surface area (Å²) in [5, 5.41) is 10.9. The molecule has 7 nitrogen and oxygen atoms in total. The summed E-state index contributed by atoms with van der Waals surface area (Å²) in [5.41, 5.74) is 0.883. The fraction of sp³-hybridized carbons (Fsp3) is 0.273. The van der Waals surface area contributed by atoms with Crippen molar-refractivity contribution in [3.63, 3.8) is 0 Å². The molecule has 2 amide bonds. The van der Waals surface area contributed by atoms with E-state index in [1.54, 1.807) is 24.3 Å². The first-order valence-electron chi connectivity index (χ1n) is 9.73. The molecule has 0 radical (unpaired) electrons. The number of fused-ring (bicyclic) bond motifs is 1. The Hall–Kier alpha value is -3.48. The van der Waals surface area contributed by atoms with E-state index in [0.29, 0.717) is 23.9 Å². The molecule has 4 rings (SSSR count). The lowest BCUT2D eigenvalue weighted by atomic mass is 10.1. The molecule has 1 fully saturated rings. The van der Waals surface area contributed by atoms with Crippen molar-refractivity contribution in [1.29, 1.82) is 0 Å². The minimum absolute atomic E-state index is 0.0410. The monoisotopic (exact) mass is 390 g/mol. The summed E-state index contributed by atoms with van der Waals surface area (Å²) in [5.74, 6) is -0.194. The highest BCUT2D eigenvalue weighted by molar-refractivity contribution is 6.04. The van der Waals surface area contributed by atoms with Gasteiger partial charge in [0.15, 0.2) is 5.69 Å². The summed E-state index contributed by atoms with van der Waals surface area (Å²) in [4.78, 5) is 37.3. The number of nitrogens with one attached hydrogen (secondary N) is 2. The van der Waals surface area contributed by atoms with Crippen LogP contribution in [-0.4, -0.2) is 34.7 Å². The molecule has 0 bridgehead atoms. The lowest BCUT2D eigenvalue weighted by Crippen LogP contribution is -2.36. The van der Waals surface area contributed by atoms with Crippen LogP contribution in [0.25, 0.3) is 10.8 Å². The van der Waals surface area contributed by atoms with Crippen molar-refractivity contribution >= 4 is 22.6 Å². The SMILES string of the molecule is O=C(NCCNC(=O)C1CC1)c1nn(Cc2ccccc2)c(=O)c2ccccc12. The van der Waals surface area contributed by atoms with Crippen molar-refractivity contribution in [2.24, 2.45) is 5.92 Å². The topological polar surface area (TPSA) is 93.1 Å². The van der Waals surface area contributed by atoms with Crippen LogP contribution in [0.1, 0.15) is 28.9 Å². The molecule has 29 heavy (non-hydrogen) atoms. The summed E-state index contributed by atoms with van der Waals surface area (Å²) in [7, 11) is 0. The first-order valence-corrected chi connectivity index (χ1v) is 9.73. The Morgan fingerprint density at radius 3 is 2.31 bits per heavy atom. The summed E-state index contributed by atoms with van der Waals surface area (Å²) < 4.78 is 1.32. The zero-order chi connectivity index (χ0) is 20.2. The number of hydrogen-bond acceptors (Lipinski definition) is 4. The van der Waals surface area contributed by atoms with Crippen LogP contribution in [0.5, 0.6) is 0 Å². The Kier molecular flexibility index (Phi) is 5.37. The van der Waals surface area contributed by atoms with E-state index in [9.17, 15) is 14.4 Å². The predicted octanol–water partition coefficient (Wildman–Crippen LogP) is 1.70. The van der Waals surface area contributed by atoms with Crippen molar-refractivity contribution in [2.75, 3.05) is 13.1 Å². The fourth-order valence-electron chi connectivity index (χ4n) is 3.20. The van der Waals surface area contributed by atoms with Gasteiger partial charge in [-0.25, -0.2) is 4.68 Å². The van der Waals surface area contributed by atoms with Gasteiger partial charge in [-0.1, -0.05) is 48.5 Å². The molecule has 1 aromatic heterocycles. The summed E-state index contributed by atoms with van der Waals surface area (Å²) in [6.45, 7) is 0.940. The van der Waals surface area contributed by atoms with Gasteiger partial charge in [0.1, 0.15) is 0 Å². The molecule has 0 aliphatic heterocycles. The fourth-order valence-corrected chi connectivity index (χ4v) is 3.20. The van der Waals surface area contributed by atoms with E-state index in [4.69, 9.17) is 0 Å². The average molecular weight is 390 g/mol. The number of carbonyl (C=O) groups is 2. The van der Waals surface area contributed by atoms with Crippen LogP contribution in [0.15, 0.2) is 59.4 Å². The molecule has 3 aromatic rings. The number of carbonyl (C=O) groups excluding carboxylic acids is 2. The zero-order valence-electron chi connectivity index (χ0n) is 15.9. The third-order valence-electron chi connectivity index (χ3n) is 4.92. The summed E-state index contributed by atoms with van der Waals surface area (Å²) >= 11 is 0. The standard InChI is InChI=1S/C22H22N4O3/c27-20(16-10-11-16)23-12-13-24-21(28)19-17-8-4-5-9-18(17)22(29)26(25-19)14-15-6-2-1-3-7-15/h1-9,16H,10-14H2,(H,23,27)(H,24,28). The van der Waals surface area contributed by atoms with E-state index < -0.39 is 0 Å². The van der Waals surface area contributed by atoms with Crippen LogP contribution in [0.4, 0.5) is 0 Å². The Morgan fingerprint density at radius 1 is 0.931 bits per heavy atom. The molecule has 148 valence electrons. The van der Waals surface area contributed by atoms with Crippen LogP contribution in [0, 0.1) is 5.92 Å². The Bertz CT molecular complexity index is 1100. The molecule has 0 unspecified atom stereocenters. The normalized spacial score (nSPS) is 13.2. The van der Waals surface area contributed by atoms with Gasteiger partial charge in [0.25, 0.3) is 11.5 Å². The highest BCUT2D eigenvalue weighted by Crippen LogP contribution is 2.28. The Labute approximate surface area is 167 Å². The van der Waals surface area contributed by atoms with Gasteiger partial charge in [0.2, 0.25) is 5.91 Å². The van der Waals surface area contributed by atoms with Crippen LogP contribution in [-0.2, 0) is 11.3 Å². The highest BCUT2D eigenvalue weighted by atomic mass is 16.2. The molecular formula is C22H22N4O3.